The minimum Gasteiger partial charge on any atom is -0.214 e. The van der Waals surface area contributed by atoms with E-state index in [2.05, 4.69) is 62.4 Å². The van der Waals surface area contributed by atoms with Crippen molar-refractivity contribution in [3.63, 3.8) is 0 Å². The number of fused-ring (bicyclic) bond motifs is 1. The standard InChI is InChI=1S/C16H15.C5H5.Fe/c1-11-12(2)16(13-7-3-4-8-13)15-10-6-5-9-14(11)15;1-2-4-5-3-1;/h3-10,16H,1-2H3;1-5H;/q2*-1;+2. The molecule has 0 radical (unpaired) electrons. The molecule has 3 aromatic carbocycles. The summed E-state index contributed by atoms with van der Waals surface area (Å²) >= 11 is 0. The van der Waals surface area contributed by atoms with Gasteiger partial charge in [-0.1, -0.05) is 29.8 Å². The van der Waals surface area contributed by atoms with Crippen LogP contribution in [0.2, 0.25) is 0 Å². The Morgan fingerprint density at radius 1 is 0.818 bits per heavy atom. The molecule has 1 aliphatic rings. The van der Waals surface area contributed by atoms with Gasteiger partial charge < -0.3 is 0 Å². The van der Waals surface area contributed by atoms with Gasteiger partial charge in [0.1, 0.15) is 0 Å². The Morgan fingerprint density at radius 3 is 2.14 bits per heavy atom. The quantitative estimate of drug-likeness (QED) is 0.394. The van der Waals surface area contributed by atoms with Gasteiger partial charge in [-0.25, -0.2) is 24.3 Å². The normalized spacial score (nSPS) is 15.6. The number of benzene rings is 1. The first kappa shape index (κ1) is 16.5. The average molecular weight is 328 g/mol. The summed E-state index contributed by atoms with van der Waals surface area (Å²) in [4.78, 5) is 0. The van der Waals surface area contributed by atoms with Gasteiger partial charge in [-0.05, 0) is 30.5 Å². The summed E-state index contributed by atoms with van der Waals surface area (Å²) in [5, 5.41) is 0. The van der Waals surface area contributed by atoms with Crippen molar-refractivity contribution >= 4 is 5.57 Å². The maximum atomic E-state index is 2.26. The maximum Gasteiger partial charge on any atom is 2.00 e. The first-order valence-electron chi connectivity index (χ1n) is 7.44. The van der Waals surface area contributed by atoms with E-state index in [-0.39, 0.29) is 17.1 Å². The summed E-state index contributed by atoms with van der Waals surface area (Å²) < 4.78 is 0. The van der Waals surface area contributed by atoms with Crippen molar-refractivity contribution in [3.05, 3.63) is 101 Å². The van der Waals surface area contributed by atoms with E-state index in [4.69, 9.17) is 0 Å². The first-order valence-corrected chi connectivity index (χ1v) is 7.44. The van der Waals surface area contributed by atoms with Crippen molar-refractivity contribution in [1.82, 2.24) is 0 Å². The molecular formula is C21H20Fe. The molecule has 22 heavy (non-hydrogen) atoms. The number of hydrogen-bond donors (Lipinski definition) is 0. The van der Waals surface area contributed by atoms with Crippen molar-refractivity contribution in [2.45, 2.75) is 19.8 Å². The summed E-state index contributed by atoms with van der Waals surface area (Å²) in [6.07, 6.45) is 0. The van der Waals surface area contributed by atoms with Crippen LogP contribution in [0.25, 0.3) is 5.57 Å². The van der Waals surface area contributed by atoms with Gasteiger partial charge in [0.15, 0.2) is 0 Å². The van der Waals surface area contributed by atoms with Crippen LogP contribution in [0.4, 0.5) is 0 Å². The maximum absolute atomic E-state index is 2.26. The molecule has 0 aromatic heterocycles. The summed E-state index contributed by atoms with van der Waals surface area (Å²) in [5.41, 5.74) is 7.24. The second-order valence-corrected chi connectivity index (χ2v) is 5.51. The van der Waals surface area contributed by atoms with Gasteiger partial charge >= 0.3 is 17.1 Å². The topological polar surface area (TPSA) is 0 Å². The minimum absolute atomic E-state index is 0. The van der Waals surface area contributed by atoms with Crippen LogP contribution >= 0.6 is 0 Å². The Hall–Kier alpha value is -1.82. The van der Waals surface area contributed by atoms with Gasteiger partial charge in [0.25, 0.3) is 0 Å². The third-order valence-corrected chi connectivity index (χ3v) is 4.28. The van der Waals surface area contributed by atoms with Crippen molar-refractivity contribution in [3.8, 4) is 0 Å². The van der Waals surface area contributed by atoms with E-state index in [1.54, 1.807) is 0 Å². The Kier molecular flexibility index (Phi) is 5.60. The third kappa shape index (κ3) is 3.16. The molecule has 1 heteroatoms. The molecular weight excluding hydrogens is 308 g/mol. The fourth-order valence-corrected chi connectivity index (χ4v) is 3.08. The summed E-state index contributed by atoms with van der Waals surface area (Å²) in [5.74, 6) is 0.478. The molecule has 1 unspecified atom stereocenters. The zero-order valence-corrected chi connectivity index (χ0v) is 14.0. The Bertz CT molecular complexity index is 698. The van der Waals surface area contributed by atoms with Crippen LogP contribution < -0.4 is 0 Å². The van der Waals surface area contributed by atoms with E-state index in [9.17, 15) is 0 Å². The third-order valence-electron chi connectivity index (χ3n) is 4.28. The van der Waals surface area contributed by atoms with E-state index in [1.165, 1.54) is 27.8 Å². The molecule has 0 N–H and O–H groups in total. The second-order valence-electron chi connectivity index (χ2n) is 5.51. The Morgan fingerprint density at radius 2 is 1.55 bits per heavy atom. The van der Waals surface area contributed by atoms with Crippen LogP contribution in [-0.2, 0) is 17.1 Å². The van der Waals surface area contributed by atoms with Gasteiger partial charge in [0.05, 0.1) is 0 Å². The minimum atomic E-state index is 0. The van der Waals surface area contributed by atoms with Crippen LogP contribution in [0.1, 0.15) is 36.5 Å². The van der Waals surface area contributed by atoms with Crippen molar-refractivity contribution in [1.29, 1.82) is 0 Å². The van der Waals surface area contributed by atoms with Gasteiger partial charge in [-0.2, -0.15) is 35.9 Å². The fourth-order valence-electron chi connectivity index (χ4n) is 3.08. The summed E-state index contributed by atoms with van der Waals surface area (Å²) in [6.45, 7) is 4.49. The number of rotatable bonds is 1. The number of allylic oxidation sites excluding steroid dienone is 2. The molecule has 3 aromatic rings. The first-order chi connectivity index (χ1) is 10.3. The Labute approximate surface area is 143 Å². The second kappa shape index (κ2) is 7.44. The van der Waals surface area contributed by atoms with Crippen LogP contribution in [-0.4, -0.2) is 0 Å². The molecule has 1 aliphatic carbocycles. The molecule has 1 atom stereocenters. The molecule has 112 valence electrons. The molecule has 0 spiro atoms. The van der Waals surface area contributed by atoms with Gasteiger partial charge in [0, 0.05) is 5.92 Å². The molecule has 4 rings (SSSR count). The zero-order chi connectivity index (χ0) is 14.7. The molecule has 0 aliphatic heterocycles. The average Bonchev–Trinajstić information content (AvgIpc) is 3.25. The predicted octanol–water partition coefficient (Wildman–Crippen LogP) is 5.75. The molecule has 0 saturated carbocycles. The number of hydrogen-bond acceptors (Lipinski definition) is 0. The monoisotopic (exact) mass is 328 g/mol. The van der Waals surface area contributed by atoms with E-state index in [0.29, 0.717) is 5.92 Å². The van der Waals surface area contributed by atoms with E-state index < -0.39 is 0 Å². The fraction of sp³-hybridized carbons (Fsp3) is 0.143. The molecule has 0 saturated heterocycles. The molecule has 0 nitrogen and oxygen atoms in total. The molecule has 0 amide bonds. The molecule has 0 fully saturated rings. The van der Waals surface area contributed by atoms with Crippen molar-refractivity contribution in [2.75, 3.05) is 0 Å². The van der Waals surface area contributed by atoms with Crippen molar-refractivity contribution in [2.24, 2.45) is 0 Å². The SMILES string of the molecule is CC1=C(C)C(c2ccc[cH-]2)c2ccccc21.[Fe+2].c1cc[cH-]c1. The molecule has 0 bridgehead atoms. The predicted molar refractivity (Wildman–Crippen MR) is 90.6 cm³/mol. The van der Waals surface area contributed by atoms with E-state index in [0.717, 1.165) is 0 Å². The van der Waals surface area contributed by atoms with Gasteiger partial charge in [-0.3, -0.25) is 0 Å². The van der Waals surface area contributed by atoms with Gasteiger partial charge in [0.2, 0.25) is 0 Å². The van der Waals surface area contributed by atoms with Crippen LogP contribution in [0.3, 0.4) is 0 Å². The van der Waals surface area contributed by atoms with E-state index >= 15 is 0 Å². The van der Waals surface area contributed by atoms with E-state index in [1.807, 2.05) is 30.3 Å². The molecule has 0 heterocycles. The van der Waals surface area contributed by atoms with Gasteiger partial charge in [-0.15, -0.1) is 0 Å². The Balaban J connectivity index is 0.000000253. The summed E-state index contributed by atoms with van der Waals surface area (Å²) in [7, 11) is 0. The summed E-state index contributed by atoms with van der Waals surface area (Å²) in [6, 6.07) is 27.5. The van der Waals surface area contributed by atoms with Crippen LogP contribution in [0.15, 0.2) is 84.4 Å². The zero-order valence-electron chi connectivity index (χ0n) is 12.9. The van der Waals surface area contributed by atoms with Crippen molar-refractivity contribution < 1.29 is 17.1 Å². The van der Waals surface area contributed by atoms with Crippen LogP contribution in [0.5, 0.6) is 0 Å². The smallest absolute Gasteiger partial charge is 0.214 e. The van der Waals surface area contributed by atoms with Crippen LogP contribution in [0, 0.1) is 0 Å². The largest absolute Gasteiger partial charge is 2.00 e.